The predicted octanol–water partition coefficient (Wildman–Crippen LogP) is -10.2. The fraction of sp³-hybridized carbons (Fsp3) is 0.950. The molecule has 0 aliphatic carbocycles. The normalized spacial score (nSPS) is 35.7. The smallest absolute Gasteiger partial charge is 0.735 e. The molecule has 2 fully saturated rings. The summed E-state index contributed by atoms with van der Waals surface area (Å²) < 4.78 is 56.3. The van der Waals surface area contributed by atoms with Crippen molar-refractivity contribution in [2.24, 2.45) is 0 Å². The Morgan fingerprint density at radius 1 is 0.921 bits per heavy atom. The molecule has 0 aromatic carbocycles. The molecule has 2 saturated heterocycles. The van der Waals surface area contributed by atoms with Gasteiger partial charge in [-0.05, 0) is 6.42 Å². The molecule has 2 aliphatic heterocycles. The summed E-state index contributed by atoms with van der Waals surface area (Å²) in [5.41, 5.74) is 0. The average Bonchev–Trinajstić information content (AvgIpc) is 2.81. The quantitative estimate of drug-likeness (QED) is 0.0624. The first-order valence-corrected chi connectivity index (χ1v) is 13.2. The van der Waals surface area contributed by atoms with Crippen LogP contribution in [0.25, 0.3) is 0 Å². The maximum Gasteiger partial charge on any atom is 1.00 e. The third kappa shape index (κ3) is 11.3. The van der Waals surface area contributed by atoms with Gasteiger partial charge in [-0.3, -0.25) is 0 Å². The molecule has 0 bridgehead atoms. The van der Waals surface area contributed by atoms with Crippen molar-refractivity contribution in [3.63, 3.8) is 0 Å². The van der Waals surface area contributed by atoms with E-state index >= 15 is 0 Å². The molecule has 0 unspecified atom stereocenters. The first-order chi connectivity index (χ1) is 16.9. The molecule has 0 amide bonds. The van der Waals surface area contributed by atoms with Gasteiger partial charge in [0.1, 0.15) is 48.8 Å². The van der Waals surface area contributed by atoms with Crippen LogP contribution in [0, 0.1) is 0 Å². The molecule has 0 aromatic heterocycles. The van der Waals surface area contributed by atoms with E-state index < -0.39 is 84.2 Å². The number of unbranched alkanes of at least 4 members (excludes halogenated alkanes) is 5. The number of carbonyl (C=O) groups excluding carboxylic acids is 1. The third-order valence-electron chi connectivity index (χ3n) is 6.01. The Hall–Kier alpha value is 0.980. The molecular weight excluding hydrogens is 556 g/mol. The molecule has 212 valence electrons. The van der Waals surface area contributed by atoms with Crippen molar-refractivity contribution in [2.75, 3.05) is 13.2 Å². The van der Waals surface area contributed by atoms with Gasteiger partial charge in [0, 0.05) is 6.61 Å². The first kappa shape index (κ1) is 39.0. The zero-order chi connectivity index (χ0) is 27.0. The zero-order valence-electron chi connectivity index (χ0n) is 21.7. The Bertz CT molecular complexity index is 796. The van der Waals surface area contributed by atoms with Crippen molar-refractivity contribution in [2.45, 2.75) is 107 Å². The summed E-state index contributed by atoms with van der Waals surface area (Å²) in [6.07, 6.45) is -11.1. The number of hydrogen-bond donors (Lipinski definition) is 6. The molecular formula is C20H35NNa2O14S. The number of nitrogens with one attached hydrogen (secondary N) is 1. The van der Waals surface area contributed by atoms with Crippen molar-refractivity contribution >= 4 is 16.3 Å². The molecule has 2 aliphatic rings. The second-order valence-electron chi connectivity index (χ2n) is 8.77. The molecule has 6 N–H and O–H groups in total. The van der Waals surface area contributed by atoms with E-state index in [0.717, 1.165) is 32.1 Å². The molecule has 0 radical (unpaired) electrons. The van der Waals surface area contributed by atoms with E-state index in [4.69, 9.17) is 18.9 Å². The van der Waals surface area contributed by atoms with E-state index in [1.54, 1.807) is 0 Å². The SMILES string of the molecule is CCCCCCCCO[C@@H]1O[C@H](C(=O)[O-])[C@@H](O[C@H]2O[C@H](CO)[C@@H](O)[C@H](O)[C@H]2NS(=O)(=O)[O-])[C@H](O)[C@H]1O.[Na+].[Na+]. The molecule has 0 aromatic rings. The fourth-order valence-corrected chi connectivity index (χ4v) is 4.63. The average molecular weight is 592 g/mol. The number of rotatable bonds is 14. The molecule has 10 atom stereocenters. The minimum absolute atomic E-state index is 0. The molecule has 15 nitrogen and oxygen atoms in total. The Morgan fingerprint density at radius 3 is 2.08 bits per heavy atom. The number of aliphatic hydroxyl groups is 5. The van der Waals surface area contributed by atoms with Gasteiger partial charge in [-0.15, -0.1) is 0 Å². The largest absolute Gasteiger partial charge is 1.00 e. The van der Waals surface area contributed by atoms with Crippen LogP contribution < -0.4 is 68.9 Å². The van der Waals surface area contributed by atoms with Crippen LogP contribution in [0.4, 0.5) is 0 Å². The number of ether oxygens (including phenoxy) is 4. The summed E-state index contributed by atoms with van der Waals surface area (Å²) in [5, 5.41) is 62.3. The van der Waals surface area contributed by atoms with Gasteiger partial charge >= 0.3 is 59.1 Å². The maximum absolute atomic E-state index is 11.7. The summed E-state index contributed by atoms with van der Waals surface area (Å²) in [5.74, 6) is -1.88. The Morgan fingerprint density at radius 2 is 1.53 bits per heavy atom. The number of carbonyl (C=O) groups is 1. The monoisotopic (exact) mass is 591 g/mol. The molecule has 18 heteroatoms. The third-order valence-corrected chi connectivity index (χ3v) is 6.57. The first-order valence-electron chi connectivity index (χ1n) is 11.8. The summed E-state index contributed by atoms with van der Waals surface area (Å²) in [6.45, 7) is 1.31. The summed E-state index contributed by atoms with van der Waals surface area (Å²) in [7, 11) is -5.25. The van der Waals surface area contributed by atoms with Crippen molar-refractivity contribution in [1.29, 1.82) is 0 Å². The standard InChI is InChI=1S/C20H37NO14S.2Na/c1-2-3-4-5-6-7-8-32-20-15(26)14(25)16(17(35-20)18(27)28)34-19-11(21-36(29,30)31)13(24)12(23)10(9-22)33-19;;/h10-17,19-26H,2-9H2,1H3,(H,27,28)(H,29,30,31);;/q;2*+1/p-2/t10-,11-,12-,13-,14-,15-,16+,17+,19-,20-;;/m1../s1. The summed E-state index contributed by atoms with van der Waals surface area (Å²) >= 11 is 0. The van der Waals surface area contributed by atoms with Crippen LogP contribution in [0.1, 0.15) is 45.4 Å². The number of aliphatic carboxylic acids is 1. The zero-order valence-corrected chi connectivity index (χ0v) is 26.6. The van der Waals surface area contributed by atoms with E-state index in [9.17, 15) is 48.4 Å². The van der Waals surface area contributed by atoms with Crippen LogP contribution in [-0.2, 0) is 34.0 Å². The van der Waals surface area contributed by atoms with Crippen LogP contribution in [0.3, 0.4) is 0 Å². The van der Waals surface area contributed by atoms with Gasteiger partial charge in [0.25, 0.3) is 0 Å². The van der Waals surface area contributed by atoms with Gasteiger partial charge in [0.05, 0.1) is 12.6 Å². The predicted molar refractivity (Wildman–Crippen MR) is 114 cm³/mol. The Kier molecular flexibility index (Phi) is 19.0. The van der Waals surface area contributed by atoms with E-state index in [0.29, 0.717) is 6.42 Å². The van der Waals surface area contributed by atoms with Crippen LogP contribution >= 0.6 is 0 Å². The molecule has 38 heavy (non-hydrogen) atoms. The van der Waals surface area contributed by atoms with Crippen molar-refractivity contribution < 1.29 is 126 Å². The molecule has 0 saturated carbocycles. The van der Waals surface area contributed by atoms with Gasteiger partial charge in [-0.25, -0.2) is 13.1 Å². The van der Waals surface area contributed by atoms with E-state index in [2.05, 4.69) is 6.92 Å². The topological polar surface area (TPSA) is 247 Å². The molecule has 0 spiro atoms. The van der Waals surface area contributed by atoms with Gasteiger partial charge in [-0.1, -0.05) is 39.0 Å². The van der Waals surface area contributed by atoms with Crippen LogP contribution in [0.2, 0.25) is 0 Å². The minimum atomic E-state index is -5.25. The number of carboxylic acid groups (broad SMARTS) is 1. The second kappa shape index (κ2) is 18.5. The van der Waals surface area contributed by atoms with E-state index in [1.165, 1.54) is 4.72 Å². The van der Waals surface area contributed by atoms with Crippen molar-refractivity contribution in [3.05, 3.63) is 0 Å². The Labute approximate surface area is 265 Å². The Balaban J connectivity index is 0.00000684. The van der Waals surface area contributed by atoms with Gasteiger partial charge < -0.3 is 58.9 Å². The summed E-state index contributed by atoms with van der Waals surface area (Å²) in [4.78, 5) is 11.7. The second-order valence-corrected chi connectivity index (χ2v) is 9.91. The van der Waals surface area contributed by atoms with Crippen LogP contribution in [0.15, 0.2) is 0 Å². The van der Waals surface area contributed by atoms with E-state index in [1.807, 2.05) is 0 Å². The maximum atomic E-state index is 11.7. The van der Waals surface area contributed by atoms with Crippen LogP contribution in [0.5, 0.6) is 0 Å². The van der Waals surface area contributed by atoms with Gasteiger partial charge in [0.15, 0.2) is 22.9 Å². The molecule has 2 rings (SSSR count). The molecule has 2 heterocycles. The number of carboxylic acids is 1. The number of aliphatic hydroxyl groups excluding tert-OH is 5. The van der Waals surface area contributed by atoms with Gasteiger partial charge in [0.2, 0.25) is 0 Å². The number of hydrogen-bond acceptors (Lipinski definition) is 14. The fourth-order valence-electron chi connectivity index (χ4n) is 4.04. The van der Waals surface area contributed by atoms with Crippen molar-refractivity contribution in [3.8, 4) is 0 Å². The van der Waals surface area contributed by atoms with Gasteiger partial charge in [-0.2, -0.15) is 0 Å². The van der Waals surface area contributed by atoms with Crippen LogP contribution in [-0.4, -0.2) is 119 Å². The van der Waals surface area contributed by atoms with Crippen molar-refractivity contribution in [1.82, 2.24) is 4.72 Å². The summed E-state index contributed by atoms with van der Waals surface area (Å²) in [6, 6.07) is -1.97. The van der Waals surface area contributed by atoms with E-state index in [-0.39, 0.29) is 65.7 Å². The minimum Gasteiger partial charge on any atom is -0.735 e.